The zero-order valence-electron chi connectivity index (χ0n) is 13.2. The average molecular weight is 316 g/mol. The number of morpholine rings is 2. The van der Waals surface area contributed by atoms with Gasteiger partial charge in [0, 0.05) is 26.2 Å². The summed E-state index contributed by atoms with van der Waals surface area (Å²) in [6, 6.07) is -1.39. The summed E-state index contributed by atoms with van der Waals surface area (Å²) in [7, 11) is 2.67. The smallest absolute Gasteiger partial charge is 0.325 e. The maximum atomic E-state index is 12.3. The topological polar surface area (TPSA) is 77.5 Å². The standard InChI is InChI=1S/C14H24N2O6/c1-19-13(17)11(15-3-7-21-8-4-15)12(14(18)20-2)16-5-9-22-10-6-16/h11-12H,3-10H2,1-2H3/t11-,12+. The Morgan fingerprint density at radius 2 is 1.09 bits per heavy atom. The first-order chi connectivity index (χ1) is 10.7. The number of methoxy groups -OCH3 is 2. The lowest BCUT2D eigenvalue weighted by Crippen LogP contribution is -2.63. The van der Waals surface area contributed by atoms with E-state index in [1.165, 1.54) is 14.2 Å². The summed E-state index contributed by atoms with van der Waals surface area (Å²) in [4.78, 5) is 28.6. The van der Waals surface area contributed by atoms with E-state index in [1.54, 1.807) is 0 Å². The molecule has 8 heteroatoms. The first-order valence-electron chi connectivity index (χ1n) is 7.48. The number of nitrogens with zero attached hydrogens (tertiary/aromatic N) is 2. The van der Waals surface area contributed by atoms with Crippen LogP contribution < -0.4 is 0 Å². The number of hydrogen-bond donors (Lipinski definition) is 0. The van der Waals surface area contributed by atoms with E-state index in [2.05, 4.69) is 0 Å². The van der Waals surface area contributed by atoms with Crippen LogP contribution in [0.3, 0.4) is 0 Å². The van der Waals surface area contributed by atoms with Crippen LogP contribution in [0.2, 0.25) is 0 Å². The summed E-state index contributed by atoms with van der Waals surface area (Å²) in [6.45, 7) is 4.45. The molecule has 8 nitrogen and oxygen atoms in total. The van der Waals surface area contributed by atoms with E-state index in [0.717, 1.165) is 0 Å². The van der Waals surface area contributed by atoms with Crippen molar-refractivity contribution >= 4 is 11.9 Å². The van der Waals surface area contributed by atoms with Crippen LogP contribution in [-0.2, 0) is 28.5 Å². The van der Waals surface area contributed by atoms with Crippen LogP contribution in [0.4, 0.5) is 0 Å². The molecule has 0 N–H and O–H groups in total. The molecule has 0 bridgehead atoms. The lowest BCUT2D eigenvalue weighted by Gasteiger charge is -2.41. The number of ether oxygens (including phenoxy) is 4. The molecule has 126 valence electrons. The van der Waals surface area contributed by atoms with Gasteiger partial charge in [0.1, 0.15) is 12.1 Å². The molecule has 2 saturated heterocycles. The Hall–Kier alpha value is -1.22. The molecule has 0 aliphatic carbocycles. The largest absolute Gasteiger partial charge is 0.468 e. The number of carbonyl (C=O) groups is 2. The monoisotopic (exact) mass is 316 g/mol. The molecule has 0 aromatic carbocycles. The summed E-state index contributed by atoms with van der Waals surface area (Å²) >= 11 is 0. The minimum Gasteiger partial charge on any atom is -0.468 e. The van der Waals surface area contributed by atoms with Crippen molar-refractivity contribution in [3.05, 3.63) is 0 Å². The molecular formula is C14H24N2O6. The van der Waals surface area contributed by atoms with Gasteiger partial charge in [-0.25, -0.2) is 0 Å². The molecule has 0 aromatic heterocycles. The highest BCUT2D eigenvalue weighted by atomic mass is 16.5. The fourth-order valence-corrected chi connectivity index (χ4v) is 2.91. The molecule has 0 spiro atoms. The fraction of sp³-hybridized carbons (Fsp3) is 0.857. The molecule has 22 heavy (non-hydrogen) atoms. The van der Waals surface area contributed by atoms with Crippen LogP contribution in [0, 0.1) is 0 Å². The molecular weight excluding hydrogens is 292 g/mol. The van der Waals surface area contributed by atoms with Crippen LogP contribution >= 0.6 is 0 Å². The Morgan fingerprint density at radius 3 is 1.36 bits per heavy atom. The van der Waals surface area contributed by atoms with E-state index in [4.69, 9.17) is 18.9 Å². The Bertz CT molecular complexity index is 344. The van der Waals surface area contributed by atoms with Crippen molar-refractivity contribution in [2.24, 2.45) is 0 Å². The average Bonchev–Trinajstić information content (AvgIpc) is 2.59. The molecule has 2 aliphatic rings. The van der Waals surface area contributed by atoms with Crippen molar-refractivity contribution in [3.63, 3.8) is 0 Å². The van der Waals surface area contributed by atoms with E-state index < -0.39 is 24.0 Å². The third-order valence-corrected chi connectivity index (χ3v) is 4.06. The molecule has 0 unspecified atom stereocenters. The SMILES string of the molecule is COC(=O)[C@H]([C@H](C(=O)OC)N1CCOCC1)N1CCOCC1. The quantitative estimate of drug-likeness (QED) is 0.581. The molecule has 2 aliphatic heterocycles. The van der Waals surface area contributed by atoms with Crippen LogP contribution in [0.15, 0.2) is 0 Å². The summed E-state index contributed by atoms with van der Waals surface area (Å²) in [6.07, 6.45) is 0. The van der Waals surface area contributed by atoms with Gasteiger partial charge < -0.3 is 18.9 Å². The van der Waals surface area contributed by atoms with Gasteiger partial charge in [-0.05, 0) is 0 Å². The van der Waals surface area contributed by atoms with E-state index in [0.29, 0.717) is 52.6 Å². The second-order valence-electron chi connectivity index (χ2n) is 5.23. The third-order valence-electron chi connectivity index (χ3n) is 4.06. The van der Waals surface area contributed by atoms with Gasteiger partial charge in [-0.1, -0.05) is 0 Å². The predicted molar refractivity (Wildman–Crippen MR) is 76.4 cm³/mol. The number of hydrogen-bond acceptors (Lipinski definition) is 8. The van der Waals surface area contributed by atoms with Crippen LogP contribution in [0.25, 0.3) is 0 Å². The third kappa shape index (κ3) is 3.95. The Labute approximate surface area is 130 Å². The number of esters is 2. The second kappa shape index (κ2) is 8.42. The number of rotatable bonds is 5. The summed E-state index contributed by atoms with van der Waals surface area (Å²) < 4.78 is 20.6. The molecule has 0 amide bonds. The fourth-order valence-electron chi connectivity index (χ4n) is 2.91. The number of carbonyl (C=O) groups excluding carboxylic acids is 2. The first kappa shape index (κ1) is 17.1. The highest BCUT2D eigenvalue weighted by Crippen LogP contribution is 2.18. The first-order valence-corrected chi connectivity index (χ1v) is 7.48. The van der Waals surface area contributed by atoms with E-state index in [1.807, 2.05) is 9.80 Å². The van der Waals surface area contributed by atoms with Crippen molar-refractivity contribution in [1.29, 1.82) is 0 Å². The predicted octanol–water partition coefficient (Wildman–Crippen LogP) is -1.27. The maximum absolute atomic E-state index is 12.3. The molecule has 0 radical (unpaired) electrons. The molecule has 2 fully saturated rings. The lowest BCUT2D eigenvalue weighted by atomic mass is 10.0. The minimum absolute atomic E-state index is 0.427. The van der Waals surface area contributed by atoms with Crippen molar-refractivity contribution in [3.8, 4) is 0 Å². The molecule has 2 atom stereocenters. The van der Waals surface area contributed by atoms with Crippen molar-refractivity contribution < 1.29 is 28.5 Å². The molecule has 0 saturated carbocycles. The molecule has 2 heterocycles. The van der Waals surface area contributed by atoms with Gasteiger partial charge >= 0.3 is 11.9 Å². The maximum Gasteiger partial charge on any atom is 0.325 e. The van der Waals surface area contributed by atoms with Gasteiger partial charge in [0.25, 0.3) is 0 Å². The Morgan fingerprint density at radius 1 is 0.773 bits per heavy atom. The Balaban J connectivity index is 2.24. The van der Waals surface area contributed by atoms with Gasteiger partial charge in [-0.3, -0.25) is 19.4 Å². The normalized spacial score (nSPS) is 23.5. The van der Waals surface area contributed by atoms with E-state index in [-0.39, 0.29) is 0 Å². The molecule has 0 aromatic rings. The zero-order chi connectivity index (χ0) is 15.9. The van der Waals surface area contributed by atoms with Crippen LogP contribution in [0.5, 0.6) is 0 Å². The van der Waals surface area contributed by atoms with Gasteiger partial charge in [-0.15, -0.1) is 0 Å². The minimum atomic E-state index is -0.695. The van der Waals surface area contributed by atoms with Gasteiger partial charge in [-0.2, -0.15) is 0 Å². The molecule has 2 rings (SSSR count). The Kier molecular flexibility index (Phi) is 6.56. The lowest BCUT2D eigenvalue weighted by molar-refractivity contribution is -0.165. The summed E-state index contributed by atoms with van der Waals surface area (Å²) in [5.74, 6) is -0.854. The zero-order valence-corrected chi connectivity index (χ0v) is 13.2. The second-order valence-corrected chi connectivity index (χ2v) is 5.23. The van der Waals surface area contributed by atoms with Gasteiger partial charge in [0.05, 0.1) is 40.6 Å². The highest BCUT2D eigenvalue weighted by Gasteiger charge is 2.44. The van der Waals surface area contributed by atoms with Crippen LogP contribution in [0.1, 0.15) is 0 Å². The van der Waals surface area contributed by atoms with Crippen molar-refractivity contribution in [1.82, 2.24) is 9.80 Å². The van der Waals surface area contributed by atoms with Crippen molar-refractivity contribution in [2.45, 2.75) is 12.1 Å². The van der Waals surface area contributed by atoms with Gasteiger partial charge in [0.15, 0.2) is 0 Å². The van der Waals surface area contributed by atoms with Crippen molar-refractivity contribution in [2.75, 3.05) is 66.8 Å². The van der Waals surface area contributed by atoms with E-state index in [9.17, 15) is 9.59 Å². The highest BCUT2D eigenvalue weighted by molar-refractivity contribution is 5.87. The summed E-state index contributed by atoms with van der Waals surface area (Å²) in [5.41, 5.74) is 0. The van der Waals surface area contributed by atoms with Gasteiger partial charge in [0.2, 0.25) is 0 Å². The van der Waals surface area contributed by atoms with Crippen LogP contribution in [-0.4, -0.2) is 101 Å². The summed E-state index contributed by atoms with van der Waals surface area (Å²) in [5, 5.41) is 0. The van der Waals surface area contributed by atoms with E-state index >= 15 is 0 Å².